The molecule has 0 aromatic carbocycles. The van der Waals surface area contributed by atoms with Crippen molar-refractivity contribution in [1.82, 2.24) is 0 Å². The third kappa shape index (κ3) is 4.41. The molecule has 1 aliphatic rings. The molecule has 0 heterocycles. The van der Waals surface area contributed by atoms with Gasteiger partial charge in [-0.3, -0.25) is 0 Å². The summed E-state index contributed by atoms with van der Waals surface area (Å²) in [6.45, 7) is 3.94. The molecule has 0 radical (unpaired) electrons. The number of sulfone groups is 2. The fraction of sp³-hybridized carbons (Fsp3) is 0.769. The van der Waals surface area contributed by atoms with Gasteiger partial charge in [0.05, 0.1) is 0 Å². The number of hydrogen-bond donors (Lipinski definition) is 0. The maximum absolute atomic E-state index is 13.0. The largest absolute Gasteiger partial charge is 0.498 e. The summed E-state index contributed by atoms with van der Waals surface area (Å²) in [6, 6.07) is 0. The Morgan fingerprint density at radius 1 is 1.07 bits per heavy atom. The van der Waals surface area contributed by atoms with Gasteiger partial charge in [-0.2, -0.15) is 26.3 Å². The van der Waals surface area contributed by atoms with Crippen LogP contribution < -0.4 is 0 Å². The smallest absolute Gasteiger partial charge is 0.456 e. The standard InChI is InChI=1S/C13H16F6O6S2/c1-3-9(20)25-11(2)7-5-4-6-8(11)10(26(21,22)12(14,15)16)27(23,24)13(17,18)19/h3,8,10H,1,4-7H2,2H3. The molecule has 1 fully saturated rings. The molecular weight excluding hydrogens is 430 g/mol. The van der Waals surface area contributed by atoms with Crippen molar-refractivity contribution in [3.8, 4) is 0 Å². The van der Waals surface area contributed by atoms with E-state index in [9.17, 15) is 48.0 Å². The van der Waals surface area contributed by atoms with Crippen LogP contribution in [0.4, 0.5) is 26.3 Å². The number of halogens is 6. The van der Waals surface area contributed by atoms with Crippen LogP contribution in [0.1, 0.15) is 32.6 Å². The van der Waals surface area contributed by atoms with Gasteiger partial charge in [0.25, 0.3) is 19.7 Å². The Hall–Kier alpha value is -1.31. The van der Waals surface area contributed by atoms with Gasteiger partial charge in [0.15, 0.2) is 4.58 Å². The van der Waals surface area contributed by atoms with Crippen LogP contribution in [0.15, 0.2) is 12.7 Å². The molecule has 14 heteroatoms. The minimum atomic E-state index is -6.82. The monoisotopic (exact) mass is 446 g/mol. The molecule has 0 aliphatic heterocycles. The van der Waals surface area contributed by atoms with Crippen molar-refractivity contribution in [3.05, 3.63) is 12.7 Å². The molecule has 2 atom stereocenters. The summed E-state index contributed by atoms with van der Waals surface area (Å²) in [4.78, 5) is 11.5. The lowest BCUT2D eigenvalue weighted by molar-refractivity contribution is -0.161. The maximum Gasteiger partial charge on any atom is 0.498 e. The molecule has 0 bridgehead atoms. The predicted molar refractivity (Wildman–Crippen MR) is 80.4 cm³/mol. The minimum absolute atomic E-state index is 0.0524. The number of carbonyl (C=O) groups is 1. The van der Waals surface area contributed by atoms with E-state index in [1.54, 1.807) is 0 Å². The van der Waals surface area contributed by atoms with E-state index in [4.69, 9.17) is 4.74 Å². The van der Waals surface area contributed by atoms with Crippen molar-refractivity contribution in [2.24, 2.45) is 5.92 Å². The fourth-order valence-electron chi connectivity index (χ4n) is 3.02. The third-order valence-electron chi connectivity index (χ3n) is 4.31. The zero-order chi connectivity index (χ0) is 21.5. The zero-order valence-corrected chi connectivity index (χ0v) is 15.4. The highest BCUT2D eigenvalue weighted by Crippen LogP contribution is 2.48. The van der Waals surface area contributed by atoms with E-state index in [0.29, 0.717) is 6.08 Å². The average Bonchev–Trinajstić information content (AvgIpc) is 2.46. The van der Waals surface area contributed by atoms with Crippen LogP contribution in [0, 0.1) is 5.92 Å². The summed E-state index contributed by atoms with van der Waals surface area (Å²) in [5.74, 6) is -3.52. The number of esters is 1. The Labute approximate surface area is 151 Å². The summed E-state index contributed by atoms with van der Waals surface area (Å²) < 4.78 is 126. The SMILES string of the molecule is C=CC(=O)OC1(C)CCCCC1C(S(=O)(=O)C(F)(F)F)S(=O)(=O)C(F)(F)F. The number of rotatable bonds is 5. The summed E-state index contributed by atoms with van der Waals surface area (Å²) in [5.41, 5.74) is -14.7. The van der Waals surface area contributed by atoms with Crippen molar-refractivity contribution in [2.45, 2.75) is 53.8 Å². The Bertz CT molecular complexity index is 754. The van der Waals surface area contributed by atoms with Gasteiger partial charge >= 0.3 is 17.0 Å². The van der Waals surface area contributed by atoms with Crippen LogP contribution in [-0.4, -0.2) is 44.0 Å². The van der Waals surface area contributed by atoms with Crippen molar-refractivity contribution in [2.75, 3.05) is 0 Å². The van der Waals surface area contributed by atoms with Gasteiger partial charge in [0.2, 0.25) is 0 Å². The molecule has 6 nitrogen and oxygen atoms in total. The normalized spacial score (nSPS) is 25.3. The third-order valence-corrected chi connectivity index (χ3v) is 9.00. The molecule has 1 aliphatic carbocycles. The molecule has 0 saturated heterocycles. The Morgan fingerprint density at radius 3 is 1.89 bits per heavy atom. The molecule has 1 rings (SSSR count). The van der Waals surface area contributed by atoms with Crippen LogP contribution in [-0.2, 0) is 29.2 Å². The second-order valence-corrected chi connectivity index (χ2v) is 10.6. The van der Waals surface area contributed by atoms with Crippen LogP contribution in [0.25, 0.3) is 0 Å². The van der Waals surface area contributed by atoms with Gasteiger partial charge in [-0.25, -0.2) is 21.6 Å². The lowest BCUT2D eigenvalue weighted by Gasteiger charge is -2.43. The van der Waals surface area contributed by atoms with E-state index in [0.717, 1.165) is 6.92 Å². The van der Waals surface area contributed by atoms with Gasteiger partial charge in [-0.1, -0.05) is 13.0 Å². The van der Waals surface area contributed by atoms with Gasteiger partial charge in [-0.05, 0) is 26.2 Å². The quantitative estimate of drug-likeness (QED) is 0.366. The Balaban J connectivity index is 3.73. The fourth-order valence-corrected chi connectivity index (χ4v) is 7.24. The topological polar surface area (TPSA) is 94.6 Å². The highest BCUT2D eigenvalue weighted by molar-refractivity contribution is 8.09. The second kappa shape index (κ2) is 7.26. The molecule has 158 valence electrons. The lowest BCUT2D eigenvalue weighted by atomic mass is 9.77. The Morgan fingerprint density at radius 2 is 1.52 bits per heavy atom. The molecule has 0 aromatic rings. The predicted octanol–water partition coefficient (Wildman–Crippen LogP) is 2.86. The van der Waals surface area contributed by atoms with E-state index in [1.165, 1.54) is 0 Å². The number of alkyl halides is 6. The van der Waals surface area contributed by atoms with E-state index >= 15 is 0 Å². The second-order valence-electron chi connectivity index (χ2n) is 6.14. The molecule has 27 heavy (non-hydrogen) atoms. The molecule has 0 aromatic heterocycles. The van der Waals surface area contributed by atoms with E-state index in [2.05, 4.69) is 6.58 Å². The van der Waals surface area contributed by atoms with Gasteiger partial charge < -0.3 is 4.74 Å². The molecule has 0 N–H and O–H groups in total. The summed E-state index contributed by atoms with van der Waals surface area (Å²) >= 11 is 0. The summed E-state index contributed by atoms with van der Waals surface area (Å²) in [7, 11) is -13.6. The lowest BCUT2D eigenvalue weighted by Crippen LogP contribution is -2.57. The van der Waals surface area contributed by atoms with Gasteiger partial charge in [0, 0.05) is 12.0 Å². The van der Waals surface area contributed by atoms with E-state index < -0.39 is 59.2 Å². The highest BCUT2D eigenvalue weighted by Gasteiger charge is 2.67. The zero-order valence-electron chi connectivity index (χ0n) is 13.8. The van der Waals surface area contributed by atoms with E-state index in [1.807, 2.05) is 0 Å². The first-order chi connectivity index (χ1) is 11.9. The maximum atomic E-state index is 13.0. The Kier molecular flexibility index (Phi) is 6.38. The molecule has 0 spiro atoms. The van der Waals surface area contributed by atoms with Crippen LogP contribution in [0.5, 0.6) is 0 Å². The van der Waals surface area contributed by atoms with Crippen LogP contribution in [0.3, 0.4) is 0 Å². The number of hydrogen-bond acceptors (Lipinski definition) is 6. The first kappa shape index (κ1) is 23.7. The summed E-state index contributed by atoms with van der Waals surface area (Å²) in [6.07, 6.45) is -0.279. The van der Waals surface area contributed by atoms with Crippen LogP contribution >= 0.6 is 0 Å². The van der Waals surface area contributed by atoms with Crippen molar-refractivity contribution >= 4 is 25.6 Å². The first-order valence-electron chi connectivity index (χ1n) is 7.37. The number of carbonyl (C=O) groups excluding carboxylic acids is 1. The van der Waals surface area contributed by atoms with Crippen LogP contribution in [0.2, 0.25) is 0 Å². The molecular formula is C13H16F6O6S2. The molecule has 1 saturated carbocycles. The highest BCUT2D eigenvalue weighted by atomic mass is 32.3. The van der Waals surface area contributed by atoms with E-state index in [-0.39, 0.29) is 19.3 Å². The van der Waals surface area contributed by atoms with Crippen molar-refractivity contribution in [3.63, 3.8) is 0 Å². The van der Waals surface area contributed by atoms with Gasteiger partial charge in [0.1, 0.15) is 5.60 Å². The average molecular weight is 446 g/mol. The van der Waals surface area contributed by atoms with Crippen molar-refractivity contribution < 1.29 is 52.7 Å². The van der Waals surface area contributed by atoms with Gasteiger partial charge in [-0.15, -0.1) is 0 Å². The number of ether oxygens (including phenoxy) is 1. The first-order valence-corrected chi connectivity index (χ1v) is 10.5. The molecule has 0 amide bonds. The summed E-state index contributed by atoms with van der Waals surface area (Å²) in [5, 5.41) is 0. The minimum Gasteiger partial charge on any atom is -0.456 e. The molecule has 2 unspecified atom stereocenters. The van der Waals surface area contributed by atoms with Crippen molar-refractivity contribution in [1.29, 1.82) is 0 Å².